The number of aryl methyl sites for hydroxylation is 1. The zero-order chi connectivity index (χ0) is 32.1. The van der Waals surface area contributed by atoms with Crippen molar-refractivity contribution in [2.45, 2.75) is 37.8 Å². The molecular formula is C28H29Cl2N7O6S. The van der Waals surface area contributed by atoms with Crippen LogP contribution in [0.4, 0.5) is 5.69 Å². The fraction of sp³-hybridized carbons (Fsp3) is 0.321. The Balaban J connectivity index is 1.44. The van der Waals surface area contributed by atoms with Gasteiger partial charge in [0.25, 0.3) is 11.5 Å². The largest absolute Gasteiger partial charge is 0.506 e. The zero-order valence-electron chi connectivity index (χ0n) is 23.9. The molecule has 0 aliphatic heterocycles. The van der Waals surface area contributed by atoms with Gasteiger partial charge in [0.05, 0.1) is 39.3 Å². The zero-order valence-corrected chi connectivity index (χ0v) is 26.2. The third-order valence-electron chi connectivity index (χ3n) is 7.90. The van der Waals surface area contributed by atoms with Crippen molar-refractivity contribution in [1.29, 1.82) is 0 Å². The molecule has 1 aliphatic rings. The number of fused-ring (bicyclic) bond motifs is 1. The van der Waals surface area contributed by atoms with Gasteiger partial charge >= 0.3 is 0 Å². The molecule has 1 saturated carbocycles. The van der Waals surface area contributed by atoms with Crippen molar-refractivity contribution in [3.63, 3.8) is 0 Å². The Morgan fingerprint density at radius 2 is 1.91 bits per heavy atom. The van der Waals surface area contributed by atoms with Crippen LogP contribution in [-0.2, 0) is 28.4 Å². The molecule has 1 fully saturated rings. The van der Waals surface area contributed by atoms with E-state index in [0.717, 1.165) is 6.42 Å². The fourth-order valence-corrected chi connectivity index (χ4v) is 6.60. The third-order valence-corrected chi connectivity index (χ3v) is 9.84. The number of amides is 2. The average Bonchev–Trinajstić information content (AvgIpc) is 3.58. The first-order chi connectivity index (χ1) is 20.6. The first kappa shape index (κ1) is 31.4. The molecule has 3 heterocycles. The van der Waals surface area contributed by atoms with E-state index in [1.807, 2.05) is 0 Å². The highest BCUT2D eigenvalue weighted by molar-refractivity contribution is 7.88. The maximum atomic E-state index is 13.3. The number of rotatable bonds is 8. The van der Waals surface area contributed by atoms with Crippen LogP contribution in [0, 0.1) is 0 Å². The van der Waals surface area contributed by atoms with Crippen molar-refractivity contribution >= 4 is 61.8 Å². The Labute approximate surface area is 262 Å². The maximum Gasteiger partial charge on any atom is 0.263 e. The molecule has 0 saturated heterocycles. The van der Waals surface area contributed by atoms with Crippen molar-refractivity contribution in [3.05, 3.63) is 68.6 Å². The van der Waals surface area contributed by atoms with Gasteiger partial charge in [-0.2, -0.15) is 0 Å². The molecule has 2 amide bonds. The number of nitrogens with two attached hydrogens (primary N) is 1. The van der Waals surface area contributed by atoms with Gasteiger partial charge < -0.3 is 25.3 Å². The van der Waals surface area contributed by atoms with Crippen LogP contribution in [-0.4, -0.2) is 68.1 Å². The van der Waals surface area contributed by atoms with Gasteiger partial charge in [0.1, 0.15) is 17.9 Å². The number of halogens is 2. The second kappa shape index (κ2) is 11.8. The van der Waals surface area contributed by atoms with E-state index in [0.29, 0.717) is 35.3 Å². The summed E-state index contributed by atoms with van der Waals surface area (Å²) in [4.78, 5) is 47.2. The molecule has 1 unspecified atom stereocenters. The molecular weight excluding hydrogens is 633 g/mol. The Morgan fingerprint density at radius 1 is 1.18 bits per heavy atom. The van der Waals surface area contributed by atoms with E-state index >= 15 is 0 Å². The lowest BCUT2D eigenvalue weighted by atomic mass is 10.0. The summed E-state index contributed by atoms with van der Waals surface area (Å²) >= 11 is 12.5. The molecule has 1 aliphatic carbocycles. The molecule has 16 heteroatoms. The summed E-state index contributed by atoms with van der Waals surface area (Å²) in [5.74, 6) is -1.89. The summed E-state index contributed by atoms with van der Waals surface area (Å²) in [6.07, 6.45) is 7.47. The number of hydrogen-bond acceptors (Lipinski definition) is 8. The number of nitrogens with one attached hydrogen (secondary N) is 1. The number of aromatic nitrogens is 4. The van der Waals surface area contributed by atoms with Gasteiger partial charge in [-0.3, -0.25) is 19.4 Å². The predicted octanol–water partition coefficient (Wildman–Crippen LogP) is 3.07. The van der Waals surface area contributed by atoms with Crippen LogP contribution < -0.4 is 16.6 Å². The van der Waals surface area contributed by atoms with Gasteiger partial charge in [0, 0.05) is 49.7 Å². The Bertz CT molecular complexity index is 1990. The molecule has 1 aromatic carbocycles. The number of nitrogens with zero attached hydrogens (tertiary/aromatic N) is 5. The van der Waals surface area contributed by atoms with E-state index in [1.165, 1.54) is 57.6 Å². The minimum Gasteiger partial charge on any atom is -0.506 e. The summed E-state index contributed by atoms with van der Waals surface area (Å²) in [6.45, 7) is -0.260. The summed E-state index contributed by atoms with van der Waals surface area (Å²) in [6, 6.07) is 4.23. The third kappa shape index (κ3) is 6.02. The summed E-state index contributed by atoms with van der Waals surface area (Å²) < 4.78 is 28.1. The normalized spacial score (nSPS) is 17.0. The van der Waals surface area contributed by atoms with Crippen molar-refractivity contribution < 1.29 is 23.1 Å². The van der Waals surface area contributed by atoms with Gasteiger partial charge in [-0.05, 0) is 43.0 Å². The van der Waals surface area contributed by atoms with Crippen molar-refractivity contribution in [2.75, 3.05) is 18.6 Å². The second-order valence-electron chi connectivity index (χ2n) is 10.8. The number of benzene rings is 1. The lowest BCUT2D eigenvalue weighted by Crippen LogP contribution is -2.34. The SMILES string of the molecule is CN([C@@H]1CCC(c2cc(NC(=O)Cn3cc(-c4cc(Cl)c(O)c(C(N)=O)c4)c4c(=O)n(C)cnc43)c(Cl)cn2)C1)S(C)(=O)=O. The van der Waals surface area contributed by atoms with Crippen molar-refractivity contribution in [1.82, 2.24) is 23.4 Å². The fourth-order valence-electron chi connectivity index (χ4n) is 5.49. The number of sulfonamides is 1. The highest BCUT2D eigenvalue weighted by atomic mass is 35.5. The highest BCUT2D eigenvalue weighted by Gasteiger charge is 2.33. The number of aromatic hydroxyl groups is 1. The van der Waals surface area contributed by atoms with Crippen LogP contribution in [0.25, 0.3) is 22.2 Å². The minimum absolute atomic E-state index is 0.0177. The van der Waals surface area contributed by atoms with E-state index in [2.05, 4.69) is 15.3 Å². The first-order valence-electron chi connectivity index (χ1n) is 13.4. The number of carbonyl (C=O) groups is 2. The van der Waals surface area contributed by atoms with E-state index in [-0.39, 0.29) is 45.1 Å². The molecule has 4 aromatic rings. The quantitative estimate of drug-likeness (QED) is 0.257. The molecule has 0 bridgehead atoms. The maximum absolute atomic E-state index is 13.3. The molecule has 5 rings (SSSR count). The Hall–Kier alpha value is -3.98. The summed E-state index contributed by atoms with van der Waals surface area (Å²) in [5, 5.41) is 13.2. The van der Waals surface area contributed by atoms with Crippen LogP contribution in [0.15, 0.2) is 41.7 Å². The number of phenols is 1. The van der Waals surface area contributed by atoms with Crippen LogP contribution in [0.1, 0.15) is 41.2 Å². The van der Waals surface area contributed by atoms with E-state index in [9.17, 15) is 27.9 Å². The summed E-state index contributed by atoms with van der Waals surface area (Å²) in [5.41, 5.74) is 6.62. The smallest absolute Gasteiger partial charge is 0.263 e. The lowest BCUT2D eigenvalue weighted by Gasteiger charge is -2.22. The predicted molar refractivity (Wildman–Crippen MR) is 166 cm³/mol. The first-order valence-corrected chi connectivity index (χ1v) is 16.0. The van der Waals surface area contributed by atoms with E-state index in [4.69, 9.17) is 28.9 Å². The topological polar surface area (TPSA) is 183 Å². The molecule has 44 heavy (non-hydrogen) atoms. The molecule has 0 radical (unpaired) electrons. The van der Waals surface area contributed by atoms with Crippen molar-refractivity contribution in [3.8, 4) is 16.9 Å². The number of carbonyl (C=O) groups excluding carboxylic acids is 2. The number of primary amides is 1. The molecule has 0 spiro atoms. The van der Waals surface area contributed by atoms with Gasteiger partial charge in [0.2, 0.25) is 15.9 Å². The Kier molecular flexibility index (Phi) is 8.46. The van der Waals surface area contributed by atoms with Crippen LogP contribution in [0.3, 0.4) is 0 Å². The van der Waals surface area contributed by atoms with Gasteiger partial charge in [-0.1, -0.05) is 23.2 Å². The van der Waals surface area contributed by atoms with Gasteiger partial charge in [-0.25, -0.2) is 17.7 Å². The van der Waals surface area contributed by atoms with E-state index in [1.54, 1.807) is 13.1 Å². The number of hydrogen-bond donors (Lipinski definition) is 3. The molecule has 2 atom stereocenters. The molecule has 4 N–H and O–H groups in total. The van der Waals surface area contributed by atoms with Crippen LogP contribution in [0.5, 0.6) is 5.75 Å². The number of anilines is 1. The van der Waals surface area contributed by atoms with Crippen LogP contribution >= 0.6 is 23.2 Å². The monoisotopic (exact) mass is 661 g/mol. The Morgan fingerprint density at radius 3 is 2.59 bits per heavy atom. The standard InChI is InChI=1S/C28H29Cl2N7O6S/c1-35-13-33-27-24(28(35)41)18(15-7-17(26(31)40)25(39)19(29)8-15)11-37(27)12-23(38)34-22-9-21(32-10-20(22)30)14-4-5-16(6-14)36(2)44(3,42)43/h7-11,13-14,16,39H,4-6,12H2,1-3H3,(H2,31,40)(H,32,34,38)/t14?,16-/m1/s1. The highest BCUT2D eigenvalue weighted by Crippen LogP contribution is 2.39. The molecule has 13 nitrogen and oxygen atoms in total. The number of pyridine rings is 1. The molecule has 232 valence electrons. The average molecular weight is 663 g/mol. The van der Waals surface area contributed by atoms with Crippen LogP contribution in [0.2, 0.25) is 10.0 Å². The van der Waals surface area contributed by atoms with E-state index < -0.39 is 33.1 Å². The summed E-state index contributed by atoms with van der Waals surface area (Å²) in [7, 11) is -0.241. The lowest BCUT2D eigenvalue weighted by molar-refractivity contribution is -0.116. The van der Waals surface area contributed by atoms with Gasteiger partial charge in [0.15, 0.2) is 0 Å². The molecule has 3 aromatic heterocycles. The van der Waals surface area contributed by atoms with Gasteiger partial charge in [-0.15, -0.1) is 0 Å². The minimum atomic E-state index is -3.33. The second-order valence-corrected chi connectivity index (χ2v) is 13.7. The van der Waals surface area contributed by atoms with Crippen molar-refractivity contribution in [2.24, 2.45) is 12.8 Å².